The fourth-order valence-electron chi connectivity index (χ4n) is 4.34. The van der Waals surface area contributed by atoms with E-state index in [1.54, 1.807) is 24.3 Å². The number of carbonyl (C=O) groups is 1. The average Bonchev–Trinajstić information content (AvgIpc) is 3.14. The highest BCUT2D eigenvalue weighted by atomic mass is 32.2. The Kier molecular flexibility index (Phi) is 4.85. The second-order valence-corrected chi connectivity index (χ2v) is 8.97. The molecule has 0 radical (unpaired) electrons. The number of amides is 1. The molecule has 2 saturated carbocycles. The lowest BCUT2D eigenvalue weighted by Crippen LogP contribution is -2.52. The van der Waals surface area contributed by atoms with E-state index in [9.17, 15) is 13.2 Å². The van der Waals surface area contributed by atoms with E-state index in [2.05, 4.69) is 5.32 Å². The smallest absolute Gasteiger partial charge is 0.244 e. The van der Waals surface area contributed by atoms with Gasteiger partial charge in [-0.25, -0.2) is 8.42 Å². The first-order valence-electron chi connectivity index (χ1n) is 8.75. The van der Waals surface area contributed by atoms with Crippen molar-refractivity contribution in [1.29, 1.82) is 0 Å². The molecule has 0 unspecified atom stereocenters. The number of fused-ring (bicyclic) bond motifs is 2. The van der Waals surface area contributed by atoms with Gasteiger partial charge in [-0.15, -0.1) is 0 Å². The predicted octanol–water partition coefficient (Wildman–Crippen LogP) is 2.54. The van der Waals surface area contributed by atoms with Crippen molar-refractivity contribution < 1.29 is 13.2 Å². The van der Waals surface area contributed by atoms with E-state index in [0.717, 1.165) is 18.6 Å². The van der Waals surface area contributed by atoms with E-state index in [1.165, 1.54) is 23.6 Å². The summed E-state index contributed by atoms with van der Waals surface area (Å²) in [6.07, 6.45) is 6.30. The summed E-state index contributed by atoms with van der Waals surface area (Å²) < 4.78 is 26.0. The second-order valence-electron chi connectivity index (χ2n) is 7.11. The van der Waals surface area contributed by atoms with Gasteiger partial charge in [-0.05, 0) is 49.7 Å². The van der Waals surface area contributed by atoms with Gasteiger partial charge in [0.1, 0.15) is 6.04 Å². The van der Waals surface area contributed by atoms with Crippen LogP contribution >= 0.6 is 0 Å². The molecule has 0 saturated heterocycles. The lowest BCUT2D eigenvalue weighted by molar-refractivity contribution is -0.123. The Balaban J connectivity index is 1.80. The third kappa shape index (κ3) is 3.43. The van der Waals surface area contributed by atoms with Crippen molar-refractivity contribution in [1.82, 2.24) is 5.32 Å². The van der Waals surface area contributed by atoms with E-state index >= 15 is 0 Å². The Morgan fingerprint density at radius 3 is 2.46 bits per heavy atom. The molecule has 2 fully saturated rings. The Bertz CT molecular complexity index is 689. The Labute approximate surface area is 144 Å². The molecule has 0 aromatic heterocycles. The Morgan fingerprint density at radius 2 is 1.96 bits per heavy atom. The van der Waals surface area contributed by atoms with Crippen LogP contribution in [0.15, 0.2) is 30.3 Å². The van der Waals surface area contributed by atoms with Crippen LogP contribution in [-0.4, -0.2) is 32.7 Å². The van der Waals surface area contributed by atoms with Crippen LogP contribution in [0.3, 0.4) is 0 Å². The van der Waals surface area contributed by atoms with Crippen LogP contribution in [0, 0.1) is 11.8 Å². The van der Waals surface area contributed by atoms with E-state index in [1.807, 2.05) is 13.0 Å². The molecule has 1 N–H and O–H groups in total. The van der Waals surface area contributed by atoms with E-state index in [-0.39, 0.29) is 11.9 Å². The van der Waals surface area contributed by atoms with Gasteiger partial charge in [0.15, 0.2) is 0 Å². The number of sulfonamides is 1. The van der Waals surface area contributed by atoms with Gasteiger partial charge in [-0.1, -0.05) is 31.5 Å². The zero-order chi connectivity index (χ0) is 17.3. The van der Waals surface area contributed by atoms with Crippen LogP contribution in [0.1, 0.15) is 39.0 Å². The summed E-state index contributed by atoms with van der Waals surface area (Å²) >= 11 is 0. The number of hydrogen-bond acceptors (Lipinski definition) is 3. The number of anilines is 1. The minimum absolute atomic E-state index is 0.177. The number of nitrogens with one attached hydrogen (secondary N) is 1. The average molecular weight is 350 g/mol. The van der Waals surface area contributed by atoms with Gasteiger partial charge >= 0.3 is 0 Å². The van der Waals surface area contributed by atoms with Crippen LogP contribution in [0.4, 0.5) is 5.69 Å². The van der Waals surface area contributed by atoms with E-state index in [0.29, 0.717) is 18.0 Å². The summed E-state index contributed by atoms with van der Waals surface area (Å²) in [6, 6.07) is 8.37. The van der Waals surface area contributed by atoms with Crippen molar-refractivity contribution in [3.63, 3.8) is 0 Å². The number of para-hydroxylation sites is 1. The maximum atomic E-state index is 12.9. The Hall–Kier alpha value is -1.56. The molecular formula is C18H26N2O3S. The molecule has 0 aliphatic heterocycles. The molecule has 2 bridgehead atoms. The molecule has 0 spiro atoms. The third-order valence-corrected chi connectivity index (χ3v) is 6.59. The first-order valence-corrected chi connectivity index (χ1v) is 10.6. The first kappa shape index (κ1) is 17.3. The monoisotopic (exact) mass is 350 g/mol. The third-order valence-electron chi connectivity index (χ3n) is 5.41. The fraction of sp³-hybridized carbons (Fsp3) is 0.611. The topological polar surface area (TPSA) is 66.5 Å². The fourth-order valence-corrected chi connectivity index (χ4v) is 5.55. The van der Waals surface area contributed by atoms with Gasteiger partial charge < -0.3 is 5.32 Å². The van der Waals surface area contributed by atoms with Gasteiger partial charge in [0.25, 0.3) is 0 Å². The van der Waals surface area contributed by atoms with Gasteiger partial charge in [0.05, 0.1) is 11.9 Å². The van der Waals surface area contributed by atoms with Crippen LogP contribution in [0.2, 0.25) is 0 Å². The number of hydrogen-bond donors (Lipinski definition) is 1. The van der Waals surface area contributed by atoms with Crippen LogP contribution in [-0.2, 0) is 14.8 Å². The zero-order valence-corrected chi connectivity index (χ0v) is 15.1. The first-order chi connectivity index (χ1) is 11.4. The van der Waals surface area contributed by atoms with Gasteiger partial charge in [-0.3, -0.25) is 9.10 Å². The summed E-state index contributed by atoms with van der Waals surface area (Å²) in [5, 5.41) is 3.14. The minimum atomic E-state index is -3.55. The second kappa shape index (κ2) is 6.75. The van der Waals surface area contributed by atoms with Crippen molar-refractivity contribution in [3.8, 4) is 0 Å². The molecule has 2 aliphatic carbocycles. The zero-order valence-electron chi connectivity index (χ0n) is 14.3. The molecule has 24 heavy (non-hydrogen) atoms. The van der Waals surface area contributed by atoms with Crippen molar-refractivity contribution in [2.75, 3.05) is 10.6 Å². The Morgan fingerprint density at radius 1 is 1.25 bits per heavy atom. The molecule has 3 rings (SSSR count). The molecule has 1 aromatic carbocycles. The summed E-state index contributed by atoms with van der Waals surface area (Å²) in [5.41, 5.74) is 0.537. The number of nitrogens with zero attached hydrogens (tertiary/aromatic N) is 1. The minimum Gasteiger partial charge on any atom is -0.351 e. The molecule has 4 atom stereocenters. The standard InChI is InChI=1S/C18H26N2O3S/c1-3-17(18(21)19-16-12-13-9-10-14(16)11-13)20(24(2,22)23)15-7-5-4-6-8-15/h4-8,13-14,16-17H,3,9-12H2,1-2H3,(H,19,21)/t13-,14-,16-,17+/m1/s1. The van der Waals surface area contributed by atoms with Crippen LogP contribution in [0.5, 0.6) is 0 Å². The highest BCUT2D eigenvalue weighted by Crippen LogP contribution is 2.44. The normalized spacial score (nSPS) is 27.0. The lowest BCUT2D eigenvalue weighted by atomic mass is 9.95. The van der Waals surface area contributed by atoms with Gasteiger partial charge in [-0.2, -0.15) is 0 Å². The SMILES string of the molecule is CC[C@@H](C(=O)N[C@@H]1C[C@@H]2CC[C@@H]1C2)N(c1ccccc1)S(C)(=O)=O. The largest absolute Gasteiger partial charge is 0.351 e. The van der Waals surface area contributed by atoms with Crippen molar-refractivity contribution >= 4 is 21.6 Å². The maximum absolute atomic E-state index is 12.9. The maximum Gasteiger partial charge on any atom is 0.244 e. The van der Waals surface area contributed by atoms with E-state index in [4.69, 9.17) is 0 Å². The lowest BCUT2D eigenvalue weighted by Gasteiger charge is -2.32. The van der Waals surface area contributed by atoms with Crippen molar-refractivity contribution in [2.24, 2.45) is 11.8 Å². The molecule has 1 aromatic rings. The van der Waals surface area contributed by atoms with Gasteiger partial charge in [0.2, 0.25) is 15.9 Å². The number of benzene rings is 1. The highest BCUT2D eigenvalue weighted by Gasteiger charge is 2.41. The molecule has 6 heteroatoms. The number of rotatable bonds is 6. The molecule has 0 heterocycles. The van der Waals surface area contributed by atoms with E-state index < -0.39 is 16.1 Å². The quantitative estimate of drug-likeness (QED) is 0.857. The molecular weight excluding hydrogens is 324 g/mol. The van der Waals surface area contributed by atoms with Crippen LogP contribution in [0.25, 0.3) is 0 Å². The summed E-state index contributed by atoms with van der Waals surface area (Å²) in [4.78, 5) is 12.9. The molecule has 1 amide bonds. The van der Waals surface area contributed by atoms with Crippen molar-refractivity contribution in [2.45, 2.75) is 51.1 Å². The summed E-state index contributed by atoms with van der Waals surface area (Å²) in [5.74, 6) is 1.13. The summed E-state index contributed by atoms with van der Waals surface area (Å²) in [6.45, 7) is 1.85. The van der Waals surface area contributed by atoms with Crippen molar-refractivity contribution in [3.05, 3.63) is 30.3 Å². The highest BCUT2D eigenvalue weighted by molar-refractivity contribution is 7.92. The van der Waals surface area contributed by atoms with Gasteiger partial charge in [0, 0.05) is 6.04 Å². The molecule has 2 aliphatic rings. The summed E-state index contributed by atoms with van der Waals surface area (Å²) in [7, 11) is -3.55. The predicted molar refractivity (Wildman–Crippen MR) is 95.2 cm³/mol. The molecule has 132 valence electrons. The van der Waals surface area contributed by atoms with Crippen LogP contribution < -0.4 is 9.62 Å². The number of carbonyl (C=O) groups excluding carboxylic acids is 1. The molecule has 5 nitrogen and oxygen atoms in total.